The Morgan fingerprint density at radius 3 is 2.10 bits per heavy atom. The van der Waals surface area contributed by atoms with Crippen molar-refractivity contribution < 1.29 is 38.1 Å². The fourth-order valence-electron chi connectivity index (χ4n) is 12.2. The van der Waals surface area contributed by atoms with Crippen molar-refractivity contribution in [1.82, 2.24) is 10.2 Å². The first-order chi connectivity index (χ1) is 29.6. The van der Waals surface area contributed by atoms with Gasteiger partial charge in [0.05, 0.1) is 13.1 Å². The maximum atomic E-state index is 14.5. The van der Waals surface area contributed by atoms with E-state index < -0.39 is 41.2 Å². The molecule has 10 heteroatoms. The number of carbonyl (C=O) groups is 4. The highest BCUT2D eigenvalue weighted by molar-refractivity contribution is 5.80. The van der Waals surface area contributed by atoms with Crippen molar-refractivity contribution in [3.05, 3.63) is 47.5 Å². The molecular formula is C53H84N2O8. The summed E-state index contributed by atoms with van der Waals surface area (Å²) in [4.78, 5) is 55.2. The predicted octanol–water partition coefficient (Wildman–Crippen LogP) is 11.4. The van der Waals surface area contributed by atoms with Gasteiger partial charge in [-0.1, -0.05) is 95.9 Å². The number of esters is 3. The van der Waals surface area contributed by atoms with Gasteiger partial charge in [-0.3, -0.25) is 19.3 Å². The molecule has 1 amide bonds. The van der Waals surface area contributed by atoms with Gasteiger partial charge in [-0.2, -0.15) is 0 Å². The van der Waals surface area contributed by atoms with E-state index in [2.05, 4.69) is 46.0 Å². The molecule has 1 aromatic carbocycles. The zero-order valence-corrected chi connectivity index (χ0v) is 41.0. The Morgan fingerprint density at radius 1 is 0.794 bits per heavy atom. The molecule has 63 heavy (non-hydrogen) atoms. The molecule has 4 aliphatic carbocycles. The summed E-state index contributed by atoms with van der Waals surface area (Å²) in [5, 5.41) is 2.80. The molecule has 1 aromatic rings. The molecule has 0 aliphatic heterocycles. The molecule has 5 rings (SSSR count). The summed E-state index contributed by atoms with van der Waals surface area (Å²) in [5.74, 6) is 2.98. The highest BCUT2D eigenvalue weighted by Gasteiger charge is 2.59. The van der Waals surface area contributed by atoms with Gasteiger partial charge in [0.25, 0.3) is 0 Å². The van der Waals surface area contributed by atoms with Gasteiger partial charge >= 0.3 is 24.0 Å². The summed E-state index contributed by atoms with van der Waals surface area (Å²) in [6.07, 6.45) is 16.0. The van der Waals surface area contributed by atoms with Crippen LogP contribution in [0, 0.1) is 46.3 Å². The van der Waals surface area contributed by atoms with Crippen molar-refractivity contribution >= 4 is 24.0 Å². The number of hydrogen-bond acceptors (Lipinski definition) is 9. The second kappa shape index (κ2) is 21.7. The Kier molecular flexibility index (Phi) is 17.4. The third-order valence-corrected chi connectivity index (χ3v) is 15.1. The lowest BCUT2D eigenvalue weighted by molar-refractivity contribution is -0.166. The molecule has 1 N–H and O–H groups in total. The zero-order chi connectivity index (χ0) is 46.2. The number of benzene rings is 1. The lowest BCUT2D eigenvalue weighted by Gasteiger charge is -2.58. The minimum atomic E-state index is -0.910. The SMILES string of the molecule is CC(C)CCC[C@@H](C)[C@H]1CCC2C3CC=C4C[C@@H](OC(=O)[C@H](CCCCNC(=O)OCc5ccccc5)N(CC(=O)OC(C)(C)C)CC(=O)OC(C)(C)C)CC[C@]4(C)C3CC[C@@]21C. The van der Waals surface area contributed by atoms with Crippen LogP contribution in [0.4, 0.5) is 4.79 Å². The van der Waals surface area contributed by atoms with Crippen LogP contribution >= 0.6 is 0 Å². The Hall–Kier alpha value is -3.40. The van der Waals surface area contributed by atoms with E-state index in [-0.39, 0.29) is 31.2 Å². The molecule has 0 heterocycles. The van der Waals surface area contributed by atoms with Crippen LogP contribution in [0.5, 0.6) is 0 Å². The van der Waals surface area contributed by atoms with Gasteiger partial charge in [0.1, 0.15) is 30.0 Å². The average Bonchev–Trinajstić information content (AvgIpc) is 3.54. The predicted molar refractivity (Wildman–Crippen MR) is 248 cm³/mol. The molecule has 3 fully saturated rings. The summed E-state index contributed by atoms with van der Waals surface area (Å²) in [6.45, 7) is 23.0. The number of nitrogens with zero attached hydrogens (tertiary/aromatic N) is 1. The first-order valence-electron chi connectivity index (χ1n) is 24.6. The zero-order valence-electron chi connectivity index (χ0n) is 41.0. The number of ether oxygens (including phenoxy) is 4. The molecule has 0 radical (unpaired) electrons. The first kappa shape index (κ1) is 50.6. The average molecular weight is 877 g/mol. The van der Waals surface area contributed by atoms with Crippen molar-refractivity contribution in [1.29, 1.82) is 0 Å². The van der Waals surface area contributed by atoms with Crippen LogP contribution in [0.1, 0.15) is 172 Å². The van der Waals surface area contributed by atoms with E-state index >= 15 is 0 Å². The normalized spacial score (nSPS) is 27.9. The fraction of sp³-hybridized carbons (Fsp3) is 0.774. The van der Waals surface area contributed by atoms with E-state index in [1.165, 1.54) is 50.5 Å². The van der Waals surface area contributed by atoms with Crippen LogP contribution in [0.2, 0.25) is 0 Å². The minimum absolute atomic E-state index is 0.0994. The van der Waals surface area contributed by atoms with Crippen LogP contribution in [0.15, 0.2) is 42.0 Å². The molecule has 0 aromatic heterocycles. The van der Waals surface area contributed by atoms with Crippen molar-refractivity contribution in [2.45, 2.75) is 196 Å². The van der Waals surface area contributed by atoms with Gasteiger partial charge < -0.3 is 24.3 Å². The Labute approximate surface area is 380 Å². The number of hydrogen-bond donors (Lipinski definition) is 1. The quantitative estimate of drug-likeness (QED) is 0.0627. The lowest BCUT2D eigenvalue weighted by Crippen LogP contribution is -2.52. The number of carbonyl (C=O) groups excluding carboxylic acids is 4. The molecule has 3 unspecified atom stereocenters. The molecule has 9 atom stereocenters. The van der Waals surface area contributed by atoms with E-state index in [4.69, 9.17) is 18.9 Å². The Balaban J connectivity index is 1.26. The Bertz CT molecular complexity index is 1680. The summed E-state index contributed by atoms with van der Waals surface area (Å²) in [6, 6.07) is 8.58. The van der Waals surface area contributed by atoms with E-state index in [0.717, 1.165) is 48.5 Å². The van der Waals surface area contributed by atoms with Crippen LogP contribution in [-0.4, -0.2) is 71.9 Å². The number of nitrogens with one attached hydrogen (secondary N) is 1. The van der Waals surface area contributed by atoms with Gasteiger partial charge in [0.15, 0.2) is 0 Å². The smallest absolute Gasteiger partial charge is 0.407 e. The maximum Gasteiger partial charge on any atom is 0.407 e. The van der Waals surface area contributed by atoms with Crippen LogP contribution < -0.4 is 5.32 Å². The third kappa shape index (κ3) is 14.0. The molecule has 354 valence electrons. The lowest BCUT2D eigenvalue weighted by atomic mass is 9.47. The summed E-state index contributed by atoms with van der Waals surface area (Å²) >= 11 is 0. The molecule has 0 spiro atoms. The van der Waals surface area contributed by atoms with Crippen molar-refractivity contribution in [2.75, 3.05) is 19.6 Å². The number of alkyl carbamates (subject to hydrolysis) is 1. The summed E-state index contributed by atoms with van der Waals surface area (Å²) in [5.41, 5.74) is 1.35. The Morgan fingerprint density at radius 2 is 1.46 bits per heavy atom. The first-order valence-corrected chi connectivity index (χ1v) is 24.6. The van der Waals surface area contributed by atoms with Gasteiger partial charge in [0, 0.05) is 13.0 Å². The van der Waals surface area contributed by atoms with E-state index in [1.54, 1.807) is 46.4 Å². The van der Waals surface area contributed by atoms with Gasteiger partial charge in [-0.25, -0.2) is 4.79 Å². The van der Waals surface area contributed by atoms with Gasteiger partial charge in [-0.05, 0) is 158 Å². The van der Waals surface area contributed by atoms with Crippen molar-refractivity contribution in [2.24, 2.45) is 46.3 Å². The number of allylic oxidation sites excluding steroid dienone is 1. The van der Waals surface area contributed by atoms with E-state index in [9.17, 15) is 19.2 Å². The maximum absolute atomic E-state index is 14.5. The van der Waals surface area contributed by atoms with Gasteiger partial charge in [-0.15, -0.1) is 0 Å². The summed E-state index contributed by atoms with van der Waals surface area (Å²) in [7, 11) is 0. The number of fused-ring (bicyclic) bond motifs is 5. The molecule has 3 saturated carbocycles. The molecule has 0 bridgehead atoms. The third-order valence-electron chi connectivity index (χ3n) is 15.1. The van der Waals surface area contributed by atoms with Crippen molar-refractivity contribution in [3.63, 3.8) is 0 Å². The highest BCUT2D eigenvalue weighted by Crippen LogP contribution is 2.67. The highest BCUT2D eigenvalue weighted by atomic mass is 16.6. The topological polar surface area (TPSA) is 120 Å². The van der Waals surface area contributed by atoms with Crippen LogP contribution in [0.3, 0.4) is 0 Å². The number of unbranched alkanes of at least 4 members (excludes halogenated alkanes) is 1. The number of rotatable bonds is 19. The van der Waals surface area contributed by atoms with Crippen molar-refractivity contribution in [3.8, 4) is 0 Å². The summed E-state index contributed by atoms with van der Waals surface area (Å²) < 4.78 is 23.2. The standard InChI is InChI=1S/C53H84N2O8/c1-36(2)18-17-19-37(3)42-25-26-43-41-24-23-39-32-40(27-29-52(39,10)44(41)28-30-53(42,43)11)61-48(58)45(22-15-16-31-54-49(59)60-35-38-20-13-12-14-21-38)55(33-46(56)62-50(4,5)6)34-47(57)63-51(7,8)9/h12-14,20-21,23,36-37,40-45H,15-19,22,24-35H2,1-11H3,(H,54,59)/t37-,40+,41?,42-,43?,44?,45+,52+,53-/m1/s1. The second-order valence-corrected chi connectivity index (χ2v) is 22.7. The van der Waals surface area contributed by atoms with Crippen LogP contribution in [-0.2, 0) is 39.9 Å². The molecular weight excluding hydrogens is 793 g/mol. The van der Waals surface area contributed by atoms with E-state index in [0.29, 0.717) is 49.5 Å². The largest absolute Gasteiger partial charge is 0.461 e. The molecule has 4 aliphatic rings. The minimum Gasteiger partial charge on any atom is -0.461 e. The monoisotopic (exact) mass is 877 g/mol. The fourth-order valence-corrected chi connectivity index (χ4v) is 12.2. The number of amides is 1. The second-order valence-electron chi connectivity index (χ2n) is 22.7. The van der Waals surface area contributed by atoms with E-state index in [1.807, 2.05) is 30.3 Å². The van der Waals surface area contributed by atoms with Gasteiger partial charge in [0.2, 0.25) is 0 Å². The van der Waals surface area contributed by atoms with Crippen LogP contribution in [0.25, 0.3) is 0 Å². The molecule has 10 nitrogen and oxygen atoms in total. The molecule has 0 saturated heterocycles.